The van der Waals surface area contributed by atoms with Gasteiger partial charge in [0.2, 0.25) is 5.91 Å². The van der Waals surface area contributed by atoms with Gasteiger partial charge < -0.3 is 10.1 Å². The van der Waals surface area contributed by atoms with Crippen molar-refractivity contribution in [2.24, 2.45) is 11.8 Å². The summed E-state index contributed by atoms with van der Waals surface area (Å²) >= 11 is 0. The fourth-order valence-electron chi connectivity index (χ4n) is 2.67. The number of para-hydroxylation sites is 2. The van der Waals surface area contributed by atoms with Crippen molar-refractivity contribution in [1.29, 1.82) is 0 Å². The molecule has 0 bridgehead atoms. The second-order valence-corrected chi connectivity index (χ2v) is 5.28. The molecule has 4 heteroatoms. The molecule has 0 saturated heterocycles. The van der Waals surface area contributed by atoms with Gasteiger partial charge in [-0.05, 0) is 31.4 Å². The molecule has 1 fully saturated rings. The number of benzene rings is 1. The Labute approximate surface area is 119 Å². The van der Waals surface area contributed by atoms with Crippen LogP contribution in [0.2, 0.25) is 0 Å². The smallest absolute Gasteiger partial charge is 0.227 e. The summed E-state index contributed by atoms with van der Waals surface area (Å²) in [4.78, 5) is 23.8. The number of amides is 1. The molecule has 2 atom stereocenters. The molecule has 1 amide bonds. The molecule has 0 aliphatic heterocycles. The van der Waals surface area contributed by atoms with Crippen LogP contribution in [0.15, 0.2) is 24.3 Å². The number of ether oxygens (including phenoxy) is 1. The molecule has 1 aromatic carbocycles. The maximum atomic E-state index is 12.4. The molecule has 2 rings (SSSR count). The van der Waals surface area contributed by atoms with Crippen molar-refractivity contribution in [1.82, 2.24) is 0 Å². The number of anilines is 1. The highest BCUT2D eigenvalue weighted by molar-refractivity contribution is 5.95. The van der Waals surface area contributed by atoms with Crippen molar-refractivity contribution >= 4 is 17.4 Å². The lowest BCUT2D eigenvalue weighted by Gasteiger charge is -2.27. The molecule has 20 heavy (non-hydrogen) atoms. The zero-order valence-corrected chi connectivity index (χ0v) is 12.0. The molecule has 1 aliphatic carbocycles. The van der Waals surface area contributed by atoms with Crippen molar-refractivity contribution in [2.45, 2.75) is 33.1 Å². The lowest BCUT2D eigenvalue weighted by molar-refractivity contribution is -0.127. The van der Waals surface area contributed by atoms with Crippen LogP contribution in [0.1, 0.15) is 33.1 Å². The first-order chi connectivity index (χ1) is 9.61. The molecule has 1 aromatic rings. The van der Waals surface area contributed by atoms with Crippen molar-refractivity contribution in [3.05, 3.63) is 24.3 Å². The van der Waals surface area contributed by atoms with E-state index >= 15 is 0 Å². The third-order valence-electron chi connectivity index (χ3n) is 3.75. The van der Waals surface area contributed by atoms with Crippen LogP contribution in [0.4, 0.5) is 5.69 Å². The Morgan fingerprint density at radius 1 is 1.40 bits per heavy atom. The fraction of sp³-hybridized carbons (Fsp3) is 0.500. The van der Waals surface area contributed by atoms with E-state index in [-0.39, 0.29) is 23.5 Å². The monoisotopic (exact) mass is 275 g/mol. The number of carbonyl (C=O) groups excluding carboxylic acids is 2. The zero-order chi connectivity index (χ0) is 14.5. The van der Waals surface area contributed by atoms with Crippen LogP contribution in [-0.4, -0.2) is 18.3 Å². The van der Waals surface area contributed by atoms with Gasteiger partial charge in [-0.25, -0.2) is 0 Å². The summed E-state index contributed by atoms with van der Waals surface area (Å²) in [6.07, 6.45) is 1.66. The van der Waals surface area contributed by atoms with Crippen molar-refractivity contribution in [3.63, 3.8) is 0 Å². The Morgan fingerprint density at radius 3 is 2.85 bits per heavy atom. The van der Waals surface area contributed by atoms with Crippen LogP contribution in [-0.2, 0) is 9.59 Å². The summed E-state index contributed by atoms with van der Waals surface area (Å²) in [6, 6.07) is 7.42. The molecule has 0 heterocycles. The normalized spacial score (nSPS) is 22.4. The van der Waals surface area contributed by atoms with E-state index in [1.54, 1.807) is 0 Å². The quantitative estimate of drug-likeness (QED) is 0.919. The maximum Gasteiger partial charge on any atom is 0.227 e. The van der Waals surface area contributed by atoms with Gasteiger partial charge in [-0.3, -0.25) is 9.59 Å². The van der Waals surface area contributed by atoms with E-state index in [2.05, 4.69) is 5.32 Å². The van der Waals surface area contributed by atoms with E-state index in [9.17, 15) is 9.59 Å². The van der Waals surface area contributed by atoms with Gasteiger partial charge in [0.05, 0.1) is 12.3 Å². The number of Topliss-reactive ketones (excluding diaryl/α,β-unsaturated/α-hetero) is 1. The highest BCUT2D eigenvalue weighted by atomic mass is 16.5. The molecule has 1 N–H and O–H groups in total. The van der Waals surface area contributed by atoms with Gasteiger partial charge in [-0.1, -0.05) is 19.1 Å². The molecule has 0 spiro atoms. The topological polar surface area (TPSA) is 55.4 Å². The third-order valence-corrected chi connectivity index (χ3v) is 3.75. The first-order valence-corrected chi connectivity index (χ1v) is 7.16. The third kappa shape index (κ3) is 3.38. The zero-order valence-electron chi connectivity index (χ0n) is 12.0. The Kier molecular flexibility index (Phi) is 4.77. The van der Waals surface area contributed by atoms with E-state index in [1.165, 1.54) is 0 Å². The van der Waals surface area contributed by atoms with Gasteiger partial charge in [0.25, 0.3) is 0 Å². The highest BCUT2D eigenvalue weighted by Crippen LogP contribution is 2.30. The minimum Gasteiger partial charge on any atom is -0.492 e. The number of hydrogen-bond acceptors (Lipinski definition) is 3. The van der Waals surface area contributed by atoms with E-state index < -0.39 is 0 Å². The highest BCUT2D eigenvalue weighted by Gasteiger charge is 2.31. The Bertz CT molecular complexity index is 498. The molecule has 0 radical (unpaired) electrons. The van der Waals surface area contributed by atoms with Gasteiger partial charge in [0.1, 0.15) is 11.5 Å². The largest absolute Gasteiger partial charge is 0.492 e. The van der Waals surface area contributed by atoms with Crippen LogP contribution in [0.3, 0.4) is 0 Å². The number of ketones is 1. The summed E-state index contributed by atoms with van der Waals surface area (Å²) in [7, 11) is 0. The summed E-state index contributed by atoms with van der Waals surface area (Å²) in [6.45, 7) is 4.43. The molecule has 108 valence electrons. The molecule has 0 unspecified atom stereocenters. The summed E-state index contributed by atoms with van der Waals surface area (Å²) in [5.74, 6) is 0.939. The molecule has 0 aromatic heterocycles. The molecule has 1 saturated carbocycles. The average molecular weight is 275 g/mol. The predicted molar refractivity (Wildman–Crippen MR) is 77.8 cm³/mol. The Morgan fingerprint density at radius 2 is 2.15 bits per heavy atom. The lowest BCUT2D eigenvalue weighted by Crippen LogP contribution is -2.33. The van der Waals surface area contributed by atoms with E-state index in [0.29, 0.717) is 37.3 Å². The average Bonchev–Trinajstić information content (AvgIpc) is 2.41. The minimum atomic E-state index is -0.0950. The second-order valence-electron chi connectivity index (χ2n) is 5.28. The molecule has 4 nitrogen and oxygen atoms in total. The molecular formula is C16H21NO3. The number of hydrogen-bond donors (Lipinski definition) is 1. The second kappa shape index (κ2) is 6.55. The predicted octanol–water partition coefficient (Wildman–Crippen LogP) is 3.03. The van der Waals surface area contributed by atoms with Crippen molar-refractivity contribution < 1.29 is 14.3 Å². The van der Waals surface area contributed by atoms with E-state index in [1.807, 2.05) is 38.1 Å². The lowest BCUT2D eigenvalue weighted by atomic mass is 9.79. The van der Waals surface area contributed by atoms with Crippen molar-refractivity contribution in [3.8, 4) is 5.75 Å². The van der Waals surface area contributed by atoms with Gasteiger partial charge >= 0.3 is 0 Å². The first kappa shape index (κ1) is 14.6. The SMILES string of the molecule is CCOc1ccccc1NC(=O)[C@@H]1CCC(=O)C[C@@H]1C. The molecular weight excluding hydrogens is 254 g/mol. The van der Waals surface area contributed by atoms with Gasteiger partial charge in [0.15, 0.2) is 0 Å². The van der Waals surface area contributed by atoms with Crippen LogP contribution >= 0.6 is 0 Å². The summed E-state index contributed by atoms with van der Waals surface area (Å²) in [5.41, 5.74) is 0.698. The number of rotatable bonds is 4. The Balaban J connectivity index is 2.06. The number of nitrogens with one attached hydrogen (secondary N) is 1. The van der Waals surface area contributed by atoms with E-state index in [0.717, 1.165) is 0 Å². The van der Waals surface area contributed by atoms with Crippen molar-refractivity contribution in [2.75, 3.05) is 11.9 Å². The van der Waals surface area contributed by atoms with Gasteiger partial charge in [-0.2, -0.15) is 0 Å². The first-order valence-electron chi connectivity index (χ1n) is 7.16. The minimum absolute atomic E-state index is 0.0165. The summed E-state index contributed by atoms with van der Waals surface area (Å²) in [5, 5.41) is 2.94. The van der Waals surface area contributed by atoms with Gasteiger partial charge in [-0.15, -0.1) is 0 Å². The summed E-state index contributed by atoms with van der Waals surface area (Å²) < 4.78 is 5.50. The fourth-order valence-corrected chi connectivity index (χ4v) is 2.67. The van der Waals surface area contributed by atoms with Crippen LogP contribution in [0.5, 0.6) is 5.75 Å². The van der Waals surface area contributed by atoms with E-state index in [4.69, 9.17) is 4.74 Å². The standard InChI is InChI=1S/C16H21NO3/c1-3-20-15-7-5-4-6-14(15)17-16(19)13-9-8-12(18)10-11(13)2/h4-7,11,13H,3,8-10H2,1-2H3,(H,17,19)/t11-,13+/m0/s1. The Hall–Kier alpha value is -1.84. The van der Waals surface area contributed by atoms with Gasteiger partial charge in [0, 0.05) is 18.8 Å². The maximum absolute atomic E-state index is 12.4. The number of carbonyl (C=O) groups is 2. The van der Waals surface area contributed by atoms with Crippen LogP contribution < -0.4 is 10.1 Å². The molecule has 1 aliphatic rings. The van der Waals surface area contributed by atoms with Crippen LogP contribution in [0.25, 0.3) is 0 Å². The van der Waals surface area contributed by atoms with Crippen LogP contribution in [0, 0.1) is 11.8 Å².